The van der Waals surface area contributed by atoms with Crippen molar-refractivity contribution in [2.75, 3.05) is 6.54 Å². The van der Waals surface area contributed by atoms with Crippen LogP contribution in [0.1, 0.15) is 32.6 Å². The molecule has 0 heterocycles. The highest BCUT2D eigenvalue weighted by Crippen LogP contribution is 2.28. The minimum absolute atomic E-state index is 0.269. The molecule has 0 radical (unpaired) electrons. The SMILES string of the molecule is CCCNC1CCCC1S(=O)c1cccc(Br)c1. The summed E-state index contributed by atoms with van der Waals surface area (Å²) in [6.07, 6.45) is 4.55. The Bertz CT molecular complexity index is 424. The van der Waals surface area contributed by atoms with E-state index in [1.54, 1.807) is 0 Å². The van der Waals surface area contributed by atoms with E-state index in [2.05, 4.69) is 28.2 Å². The van der Waals surface area contributed by atoms with Crippen molar-refractivity contribution in [1.82, 2.24) is 5.32 Å². The average Bonchev–Trinajstić information content (AvgIpc) is 2.83. The number of hydrogen-bond acceptors (Lipinski definition) is 2. The van der Waals surface area contributed by atoms with Crippen LogP contribution in [0.25, 0.3) is 0 Å². The molecule has 18 heavy (non-hydrogen) atoms. The van der Waals surface area contributed by atoms with E-state index in [0.29, 0.717) is 6.04 Å². The van der Waals surface area contributed by atoms with Gasteiger partial charge in [-0.05, 0) is 44.0 Å². The molecule has 100 valence electrons. The van der Waals surface area contributed by atoms with Gasteiger partial charge >= 0.3 is 0 Å². The first kappa shape index (κ1) is 14.2. The number of hydrogen-bond donors (Lipinski definition) is 1. The first-order chi connectivity index (χ1) is 8.72. The van der Waals surface area contributed by atoms with Gasteiger partial charge in [0.25, 0.3) is 0 Å². The van der Waals surface area contributed by atoms with Gasteiger partial charge < -0.3 is 5.32 Å². The molecule has 0 bridgehead atoms. The molecule has 1 aliphatic carbocycles. The predicted molar refractivity (Wildman–Crippen MR) is 80.3 cm³/mol. The van der Waals surface area contributed by atoms with Crippen molar-refractivity contribution in [1.29, 1.82) is 0 Å². The average molecular weight is 330 g/mol. The van der Waals surface area contributed by atoms with Gasteiger partial charge in [0.15, 0.2) is 0 Å². The summed E-state index contributed by atoms with van der Waals surface area (Å²) in [5, 5.41) is 3.81. The van der Waals surface area contributed by atoms with Crippen LogP contribution in [0.3, 0.4) is 0 Å². The van der Waals surface area contributed by atoms with E-state index in [1.807, 2.05) is 24.3 Å². The van der Waals surface area contributed by atoms with Crippen molar-refractivity contribution in [2.45, 2.75) is 48.8 Å². The highest BCUT2D eigenvalue weighted by Gasteiger charge is 2.32. The molecule has 3 unspecified atom stereocenters. The molecule has 1 aliphatic rings. The number of benzene rings is 1. The van der Waals surface area contributed by atoms with Gasteiger partial charge in [-0.15, -0.1) is 0 Å². The zero-order valence-electron chi connectivity index (χ0n) is 10.7. The van der Waals surface area contributed by atoms with Crippen LogP contribution in [-0.2, 0) is 10.8 Å². The minimum Gasteiger partial charge on any atom is -0.313 e. The standard InChI is InChI=1S/C14H20BrNOS/c1-2-9-16-13-7-4-8-14(13)18(17)12-6-3-5-11(15)10-12/h3,5-6,10,13-14,16H,2,4,7-9H2,1H3. The molecule has 1 aromatic carbocycles. The molecule has 1 N–H and O–H groups in total. The molecule has 2 rings (SSSR count). The maximum atomic E-state index is 12.6. The van der Waals surface area contributed by atoms with Crippen LogP contribution in [0, 0.1) is 0 Å². The second kappa shape index (κ2) is 6.83. The molecule has 1 saturated carbocycles. The molecule has 4 heteroatoms. The van der Waals surface area contributed by atoms with Gasteiger partial charge in [-0.1, -0.05) is 35.3 Å². The second-order valence-corrected chi connectivity index (χ2v) is 7.37. The minimum atomic E-state index is -0.895. The summed E-state index contributed by atoms with van der Waals surface area (Å²) in [7, 11) is -0.895. The van der Waals surface area contributed by atoms with Crippen LogP contribution in [0.5, 0.6) is 0 Å². The van der Waals surface area contributed by atoms with Crippen LogP contribution in [0.15, 0.2) is 33.6 Å². The van der Waals surface area contributed by atoms with Gasteiger partial charge in [-0.2, -0.15) is 0 Å². The van der Waals surface area contributed by atoms with Crippen LogP contribution in [-0.4, -0.2) is 22.0 Å². The topological polar surface area (TPSA) is 29.1 Å². The van der Waals surface area contributed by atoms with E-state index < -0.39 is 10.8 Å². The third-order valence-corrected chi connectivity index (χ3v) is 5.74. The van der Waals surface area contributed by atoms with E-state index in [-0.39, 0.29) is 5.25 Å². The van der Waals surface area contributed by atoms with Gasteiger partial charge in [-0.25, -0.2) is 0 Å². The maximum absolute atomic E-state index is 12.6. The smallest absolute Gasteiger partial charge is 0.0577 e. The number of halogens is 1. The Morgan fingerprint density at radius 1 is 1.44 bits per heavy atom. The van der Waals surface area contributed by atoms with Gasteiger partial charge in [-0.3, -0.25) is 4.21 Å². The zero-order valence-corrected chi connectivity index (χ0v) is 13.1. The van der Waals surface area contributed by atoms with Gasteiger partial charge in [0, 0.05) is 15.4 Å². The second-order valence-electron chi connectivity index (χ2n) is 4.78. The van der Waals surface area contributed by atoms with Crippen LogP contribution in [0.2, 0.25) is 0 Å². The summed E-state index contributed by atoms with van der Waals surface area (Å²) in [4.78, 5) is 0.944. The van der Waals surface area contributed by atoms with Gasteiger partial charge in [0.05, 0.1) is 16.0 Å². The van der Waals surface area contributed by atoms with Crippen molar-refractivity contribution in [2.24, 2.45) is 0 Å². The molecular formula is C14H20BrNOS. The van der Waals surface area contributed by atoms with Gasteiger partial charge in [0.1, 0.15) is 0 Å². The summed E-state index contributed by atoms with van der Waals surface area (Å²) in [6.45, 7) is 3.19. The molecule has 0 amide bonds. The normalized spacial score (nSPS) is 25.2. The first-order valence-corrected chi connectivity index (χ1v) is 8.62. The Morgan fingerprint density at radius 2 is 2.28 bits per heavy atom. The molecule has 0 aromatic heterocycles. The summed E-state index contributed by atoms with van der Waals surface area (Å²) >= 11 is 3.45. The third-order valence-electron chi connectivity index (χ3n) is 3.41. The number of rotatable bonds is 5. The Kier molecular flexibility index (Phi) is 5.39. The highest BCUT2D eigenvalue weighted by molar-refractivity contribution is 9.10. The molecular weight excluding hydrogens is 310 g/mol. The van der Waals surface area contributed by atoms with E-state index >= 15 is 0 Å². The first-order valence-electron chi connectivity index (χ1n) is 6.62. The predicted octanol–water partition coefficient (Wildman–Crippen LogP) is 3.48. The van der Waals surface area contributed by atoms with Crippen molar-refractivity contribution in [3.8, 4) is 0 Å². The largest absolute Gasteiger partial charge is 0.313 e. The molecule has 3 atom stereocenters. The molecule has 1 fully saturated rings. The summed E-state index contributed by atoms with van der Waals surface area (Å²) in [5.41, 5.74) is 0. The lowest BCUT2D eigenvalue weighted by Gasteiger charge is -2.20. The molecule has 1 aromatic rings. The lowest BCUT2D eigenvalue weighted by Crippen LogP contribution is -2.38. The van der Waals surface area contributed by atoms with Crippen LogP contribution >= 0.6 is 15.9 Å². The van der Waals surface area contributed by atoms with Crippen LogP contribution in [0.4, 0.5) is 0 Å². The van der Waals surface area contributed by atoms with Crippen LogP contribution < -0.4 is 5.32 Å². The van der Waals surface area contributed by atoms with Crippen molar-refractivity contribution in [3.05, 3.63) is 28.7 Å². The summed E-state index contributed by atoms with van der Waals surface area (Å²) < 4.78 is 13.6. The fourth-order valence-electron chi connectivity index (χ4n) is 2.51. The monoisotopic (exact) mass is 329 g/mol. The molecule has 0 saturated heterocycles. The molecule has 2 nitrogen and oxygen atoms in total. The fraction of sp³-hybridized carbons (Fsp3) is 0.571. The summed E-state index contributed by atoms with van der Waals surface area (Å²) in [5.74, 6) is 0. The Hall–Kier alpha value is -0.190. The quantitative estimate of drug-likeness (QED) is 0.896. The van der Waals surface area contributed by atoms with Crippen molar-refractivity contribution in [3.63, 3.8) is 0 Å². The molecule has 0 spiro atoms. The lowest BCUT2D eigenvalue weighted by atomic mass is 10.2. The Balaban J connectivity index is 2.08. The Labute approximate surface area is 120 Å². The van der Waals surface area contributed by atoms with E-state index in [9.17, 15) is 4.21 Å². The third kappa shape index (κ3) is 3.43. The van der Waals surface area contributed by atoms with Gasteiger partial charge in [0.2, 0.25) is 0 Å². The molecule has 0 aliphatic heterocycles. The van der Waals surface area contributed by atoms with Crippen molar-refractivity contribution < 1.29 is 4.21 Å². The highest BCUT2D eigenvalue weighted by atomic mass is 79.9. The zero-order chi connectivity index (χ0) is 13.0. The summed E-state index contributed by atoms with van der Waals surface area (Å²) in [6, 6.07) is 8.30. The Morgan fingerprint density at radius 3 is 3.00 bits per heavy atom. The van der Waals surface area contributed by atoms with E-state index in [1.165, 1.54) is 6.42 Å². The number of nitrogens with one attached hydrogen (secondary N) is 1. The fourth-order valence-corrected chi connectivity index (χ4v) is 4.78. The maximum Gasteiger partial charge on any atom is 0.0577 e. The lowest BCUT2D eigenvalue weighted by molar-refractivity contribution is 0.523. The van der Waals surface area contributed by atoms with E-state index in [4.69, 9.17) is 0 Å². The van der Waals surface area contributed by atoms with Crippen molar-refractivity contribution >= 4 is 26.7 Å². The van der Waals surface area contributed by atoms with E-state index in [0.717, 1.165) is 35.2 Å².